The molecule has 0 fully saturated rings. The van der Waals surface area contributed by atoms with Gasteiger partial charge in [0.2, 0.25) is 0 Å². The second-order valence-corrected chi connectivity index (χ2v) is 4.66. The van der Waals surface area contributed by atoms with Crippen LogP contribution < -0.4 is 0 Å². The van der Waals surface area contributed by atoms with Crippen LogP contribution in [-0.4, -0.2) is 4.98 Å². The van der Waals surface area contributed by atoms with E-state index in [4.69, 9.17) is 4.42 Å². The number of benzene rings is 1. The van der Waals surface area contributed by atoms with E-state index in [0.717, 1.165) is 4.47 Å². The molecule has 5 heteroatoms. The summed E-state index contributed by atoms with van der Waals surface area (Å²) in [5.41, 5.74) is 0.640. The molecule has 0 atom stereocenters. The Morgan fingerprint density at radius 2 is 2.33 bits per heavy atom. The van der Waals surface area contributed by atoms with Gasteiger partial charge in [0.1, 0.15) is 12.1 Å². The zero-order valence-electron chi connectivity index (χ0n) is 7.61. The predicted molar refractivity (Wildman–Crippen MR) is 60.2 cm³/mol. The number of hydrogen-bond acceptors (Lipinski definition) is 3. The molecule has 0 aliphatic heterocycles. The molecule has 0 amide bonds. The number of nitrogens with zero attached hydrogens (tertiary/aromatic N) is 1. The molecule has 1 heterocycles. The first-order valence-corrected chi connectivity index (χ1v) is 6.00. The molecule has 2 nitrogen and oxygen atoms in total. The molecule has 2 aromatic rings. The van der Waals surface area contributed by atoms with Crippen molar-refractivity contribution in [2.24, 2.45) is 0 Å². The van der Waals surface area contributed by atoms with Gasteiger partial charge in [0.15, 0.2) is 0 Å². The molecule has 78 valence electrons. The lowest BCUT2D eigenvalue weighted by atomic mass is 10.2. The summed E-state index contributed by atoms with van der Waals surface area (Å²) in [5, 5.41) is 0.553. The van der Waals surface area contributed by atoms with Crippen molar-refractivity contribution in [1.82, 2.24) is 4.98 Å². The second-order valence-electron chi connectivity index (χ2n) is 2.82. The van der Waals surface area contributed by atoms with E-state index in [1.165, 1.54) is 24.1 Å². The van der Waals surface area contributed by atoms with Crippen LogP contribution in [0.25, 0.3) is 0 Å². The Morgan fingerprint density at radius 3 is 3.00 bits per heavy atom. The number of hydrogen-bond donors (Lipinski definition) is 0. The standard InChI is InChI=1S/C10H7BrFNOS/c11-8-2-1-7(9(12)5-8)6-15-10-13-3-4-14-10/h1-5H,6H2. The lowest BCUT2D eigenvalue weighted by Gasteiger charge is -2.01. The Kier molecular flexibility index (Phi) is 3.43. The molecule has 0 aliphatic rings. The van der Waals surface area contributed by atoms with Crippen molar-refractivity contribution in [3.63, 3.8) is 0 Å². The monoisotopic (exact) mass is 287 g/mol. The fourth-order valence-electron chi connectivity index (χ4n) is 1.06. The number of thioether (sulfide) groups is 1. The van der Waals surface area contributed by atoms with Gasteiger partial charge in [0.25, 0.3) is 5.22 Å². The molecule has 0 spiro atoms. The molecule has 0 saturated carbocycles. The smallest absolute Gasteiger partial charge is 0.255 e. The molecule has 1 aromatic carbocycles. The average Bonchev–Trinajstić information content (AvgIpc) is 2.69. The number of aromatic nitrogens is 1. The van der Waals surface area contributed by atoms with E-state index < -0.39 is 0 Å². The van der Waals surface area contributed by atoms with Crippen LogP contribution in [0.4, 0.5) is 4.39 Å². The van der Waals surface area contributed by atoms with E-state index in [1.807, 2.05) is 6.07 Å². The molecule has 0 aliphatic carbocycles. The lowest BCUT2D eigenvalue weighted by molar-refractivity contribution is 0.454. The maximum atomic E-state index is 13.4. The van der Waals surface area contributed by atoms with E-state index in [2.05, 4.69) is 20.9 Å². The van der Waals surface area contributed by atoms with Crippen LogP contribution in [-0.2, 0) is 5.75 Å². The number of halogens is 2. The molecule has 0 bridgehead atoms. The third-order valence-electron chi connectivity index (χ3n) is 1.78. The van der Waals surface area contributed by atoms with Crippen LogP contribution in [0.1, 0.15) is 5.56 Å². The summed E-state index contributed by atoms with van der Waals surface area (Å²) >= 11 is 4.58. The summed E-state index contributed by atoms with van der Waals surface area (Å²) in [6.07, 6.45) is 3.07. The van der Waals surface area contributed by atoms with Crippen LogP contribution in [0.2, 0.25) is 0 Å². The van der Waals surface area contributed by atoms with E-state index >= 15 is 0 Å². The summed E-state index contributed by atoms with van der Waals surface area (Å²) in [4.78, 5) is 3.94. The Bertz CT molecular complexity index is 447. The van der Waals surface area contributed by atoms with E-state index in [9.17, 15) is 4.39 Å². The summed E-state index contributed by atoms with van der Waals surface area (Å²) in [6.45, 7) is 0. The van der Waals surface area contributed by atoms with Crippen molar-refractivity contribution in [3.05, 3.63) is 46.5 Å². The maximum Gasteiger partial charge on any atom is 0.255 e. The van der Waals surface area contributed by atoms with E-state index in [0.29, 0.717) is 16.5 Å². The molecule has 0 unspecified atom stereocenters. The molecule has 0 N–H and O–H groups in total. The Labute approximate surface area is 99.0 Å². The van der Waals surface area contributed by atoms with Crippen LogP contribution in [0.15, 0.2) is 44.8 Å². The van der Waals surface area contributed by atoms with Gasteiger partial charge in [-0.3, -0.25) is 0 Å². The largest absolute Gasteiger partial charge is 0.440 e. The van der Waals surface area contributed by atoms with Gasteiger partial charge in [0, 0.05) is 10.2 Å². The zero-order valence-corrected chi connectivity index (χ0v) is 10.0. The molecular formula is C10H7BrFNOS. The van der Waals surface area contributed by atoms with Crippen LogP contribution >= 0.6 is 27.7 Å². The van der Waals surface area contributed by atoms with Gasteiger partial charge in [-0.05, 0) is 17.7 Å². The lowest BCUT2D eigenvalue weighted by Crippen LogP contribution is -1.87. The third kappa shape index (κ3) is 2.82. The van der Waals surface area contributed by atoms with Gasteiger partial charge in [0.05, 0.1) is 6.20 Å². The Morgan fingerprint density at radius 1 is 1.47 bits per heavy atom. The highest BCUT2D eigenvalue weighted by Gasteiger charge is 2.05. The fourth-order valence-corrected chi connectivity index (χ4v) is 2.17. The summed E-state index contributed by atoms with van der Waals surface area (Å²) < 4.78 is 19.2. The van der Waals surface area contributed by atoms with Gasteiger partial charge < -0.3 is 4.42 Å². The Hall–Kier alpha value is -0.810. The van der Waals surface area contributed by atoms with Crippen molar-refractivity contribution in [3.8, 4) is 0 Å². The minimum Gasteiger partial charge on any atom is -0.440 e. The van der Waals surface area contributed by atoms with Crippen molar-refractivity contribution in [2.45, 2.75) is 11.0 Å². The minimum absolute atomic E-state index is 0.219. The highest BCUT2D eigenvalue weighted by atomic mass is 79.9. The first kappa shape index (κ1) is 10.7. The van der Waals surface area contributed by atoms with Crippen LogP contribution in [0, 0.1) is 5.82 Å². The normalized spacial score (nSPS) is 10.5. The predicted octanol–water partition coefficient (Wildman–Crippen LogP) is 3.87. The highest BCUT2D eigenvalue weighted by molar-refractivity contribution is 9.10. The fraction of sp³-hybridized carbons (Fsp3) is 0.100. The van der Waals surface area contributed by atoms with Crippen molar-refractivity contribution in [1.29, 1.82) is 0 Å². The van der Waals surface area contributed by atoms with Gasteiger partial charge in [-0.2, -0.15) is 0 Å². The minimum atomic E-state index is -0.219. The van der Waals surface area contributed by atoms with Gasteiger partial charge in [-0.1, -0.05) is 33.8 Å². The van der Waals surface area contributed by atoms with Gasteiger partial charge >= 0.3 is 0 Å². The number of rotatable bonds is 3. The molecule has 0 saturated heterocycles. The van der Waals surface area contributed by atoms with Crippen molar-refractivity contribution in [2.75, 3.05) is 0 Å². The number of oxazole rings is 1. The van der Waals surface area contributed by atoms with E-state index in [-0.39, 0.29) is 5.82 Å². The molecule has 2 rings (SSSR count). The first-order chi connectivity index (χ1) is 7.25. The van der Waals surface area contributed by atoms with E-state index in [1.54, 1.807) is 12.3 Å². The third-order valence-corrected chi connectivity index (χ3v) is 3.17. The quantitative estimate of drug-likeness (QED) is 0.802. The highest BCUT2D eigenvalue weighted by Crippen LogP contribution is 2.24. The maximum absolute atomic E-state index is 13.4. The summed E-state index contributed by atoms with van der Waals surface area (Å²) in [6, 6.07) is 5.01. The topological polar surface area (TPSA) is 26.0 Å². The molecule has 0 radical (unpaired) electrons. The van der Waals surface area contributed by atoms with Crippen LogP contribution in [0.3, 0.4) is 0 Å². The summed E-state index contributed by atoms with van der Waals surface area (Å²) in [7, 11) is 0. The first-order valence-electron chi connectivity index (χ1n) is 4.22. The van der Waals surface area contributed by atoms with Gasteiger partial charge in [-0.15, -0.1) is 0 Å². The Balaban J connectivity index is 2.05. The zero-order chi connectivity index (χ0) is 10.7. The average molecular weight is 288 g/mol. The molecular weight excluding hydrogens is 281 g/mol. The SMILES string of the molecule is Fc1cc(Br)ccc1CSc1ncco1. The second kappa shape index (κ2) is 4.81. The van der Waals surface area contributed by atoms with Crippen molar-refractivity contribution >= 4 is 27.7 Å². The van der Waals surface area contributed by atoms with Crippen molar-refractivity contribution < 1.29 is 8.81 Å². The summed E-state index contributed by atoms with van der Waals surface area (Å²) in [5.74, 6) is 0.294. The van der Waals surface area contributed by atoms with Gasteiger partial charge in [-0.25, -0.2) is 9.37 Å². The van der Waals surface area contributed by atoms with Crippen LogP contribution in [0.5, 0.6) is 0 Å². The molecule has 1 aromatic heterocycles. The molecule has 15 heavy (non-hydrogen) atoms.